The van der Waals surface area contributed by atoms with Gasteiger partial charge < -0.3 is 9.84 Å². The highest BCUT2D eigenvalue weighted by molar-refractivity contribution is 5.93. The lowest BCUT2D eigenvalue weighted by molar-refractivity contribution is -0.138. The van der Waals surface area contributed by atoms with Crippen LogP contribution in [0.1, 0.15) is 35.2 Å². The number of carbonyl (C=O) groups is 1. The number of fused-ring (bicyclic) bond motifs is 1. The predicted octanol–water partition coefficient (Wildman–Crippen LogP) is 3.14. The van der Waals surface area contributed by atoms with Gasteiger partial charge >= 0.3 is 17.8 Å². The van der Waals surface area contributed by atoms with Gasteiger partial charge in [0.1, 0.15) is 6.04 Å². The number of nitriles is 1. The number of allylic oxidation sites excluding steroid dienone is 1. The number of rotatable bonds is 4. The first-order valence-electron chi connectivity index (χ1n) is 10.2. The number of H-pyrrole nitrogens is 1. The van der Waals surface area contributed by atoms with E-state index in [1.807, 2.05) is 6.07 Å². The van der Waals surface area contributed by atoms with Gasteiger partial charge in [-0.3, -0.25) is 4.90 Å². The molecule has 0 spiro atoms. The van der Waals surface area contributed by atoms with Crippen molar-refractivity contribution >= 4 is 17.6 Å². The number of benzene rings is 2. The third-order valence-electron chi connectivity index (χ3n) is 5.72. The number of aromatic nitrogens is 3. The van der Waals surface area contributed by atoms with E-state index in [1.54, 1.807) is 0 Å². The van der Waals surface area contributed by atoms with Crippen molar-refractivity contribution in [2.24, 2.45) is 0 Å². The van der Waals surface area contributed by atoms with Crippen molar-refractivity contribution in [2.75, 3.05) is 12.0 Å². The van der Waals surface area contributed by atoms with Crippen LogP contribution in [-0.4, -0.2) is 33.0 Å². The van der Waals surface area contributed by atoms with E-state index in [0.29, 0.717) is 5.56 Å². The summed E-state index contributed by atoms with van der Waals surface area (Å²) >= 11 is 0. The summed E-state index contributed by atoms with van der Waals surface area (Å²) in [5.41, 5.74) is -0.706. The molecule has 12 heteroatoms. The van der Waals surface area contributed by atoms with Crippen LogP contribution in [-0.2, 0) is 22.3 Å². The van der Waals surface area contributed by atoms with E-state index in [2.05, 4.69) is 10.2 Å². The second-order valence-electron chi connectivity index (χ2n) is 7.66. The van der Waals surface area contributed by atoms with Gasteiger partial charge in [0.15, 0.2) is 0 Å². The Morgan fingerprint density at radius 3 is 2.66 bits per heavy atom. The highest BCUT2D eigenvalue weighted by Crippen LogP contribution is 2.43. The van der Waals surface area contributed by atoms with Gasteiger partial charge in [-0.25, -0.2) is 19.3 Å². The molecule has 0 bridgehead atoms. The molecule has 0 amide bonds. The predicted molar refractivity (Wildman–Crippen MR) is 116 cm³/mol. The number of nitrogens with zero attached hydrogens (tertiary/aromatic N) is 4. The Balaban J connectivity index is 2.03. The number of aliphatic hydroxyl groups excluding tert-OH is 1. The lowest BCUT2D eigenvalue weighted by atomic mass is 9.90. The van der Waals surface area contributed by atoms with Crippen molar-refractivity contribution in [1.29, 1.82) is 5.26 Å². The SMILES string of the molecule is COC(=O)C1=C(C)N(c2cccc(C(F)(F)F)c2)c2n[nH]c(=O)n2C1c1ccc(C#N)cc1CO. The summed E-state index contributed by atoms with van der Waals surface area (Å²) in [6, 6.07) is 9.56. The number of hydrogen-bond donors (Lipinski definition) is 2. The molecule has 2 aromatic carbocycles. The van der Waals surface area contributed by atoms with E-state index in [4.69, 9.17) is 4.74 Å². The molecule has 35 heavy (non-hydrogen) atoms. The molecule has 1 aromatic heterocycles. The van der Waals surface area contributed by atoms with Crippen LogP contribution in [0.5, 0.6) is 0 Å². The molecule has 9 nitrogen and oxygen atoms in total. The summed E-state index contributed by atoms with van der Waals surface area (Å²) in [5.74, 6) is -0.908. The molecule has 2 N–H and O–H groups in total. The molecule has 0 saturated carbocycles. The maximum Gasteiger partial charge on any atom is 0.416 e. The molecule has 2 heterocycles. The van der Waals surface area contributed by atoms with Gasteiger partial charge in [-0.2, -0.15) is 18.4 Å². The minimum absolute atomic E-state index is 0.0136. The number of aromatic amines is 1. The Kier molecular flexibility index (Phi) is 5.96. The fourth-order valence-corrected chi connectivity index (χ4v) is 4.16. The average molecular weight is 485 g/mol. The summed E-state index contributed by atoms with van der Waals surface area (Å²) in [4.78, 5) is 27.1. The summed E-state index contributed by atoms with van der Waals surface area (Å²) in [6.07, 6.45) is -4.62. The van der Waals surface area contributed by atoms with Crippen LogP contribution >= 0.6 is 0 Å². The molecule has 1 atom stereocenters. The fourth-order valence-electron chi connectivity index (χ4n) is 4.16. The number of carbonyl (C=O) groups excluding carboxylic acids is 1. The van der Waals surface area contributed by atoms with E-state index < -0.39 is 36.0 Å². The van der Waals surface area contributed by atoms with Crippen molar-refractivity contribution in [3.8, 4) is 6.07 Å². The van der Waals surface area contributed by atoms with Crippen molar-refractivity contribution in [3.05, 3.63) is 86.5 Å². The quantitative estimate of drug-likeness (QED) is 0.544. The summed E-state index contributed by atoms with van der Waals surface area (Å²) in [5, 5.41) is 25.5. The Labute approximate surface area is 196 Å². The van der Waals surface area contributed by atoms with E-state index in [1.165, 1.54) is 42.2 Å². The van der Waals surface area contributed by atoms with E-state index >= 15 is 0 Å². The van der Waals surface area contributed by atoms with Crippen LogP contribution in [0.4, 0.5) is 24.8 Å². The van der Waals surface area contributed by atoms with Gasteiger partial charge in [0.2, 0.25) is 5.95 Å². The Morgan fingerprint density at radius 1 is 1.29 bits per heavy atom. The number of anilines is 2. The van der Waals surface area contributed by atoms with Gasteiger partial charge in [0.05, 0.1) is 36.5 Å². The summed E-state index contributed by atoms with van der Waals surface area (Å²) < 4.78 is 46.2. The number of alkyl halides is 3. The highest BCUT2D eigenvalue weighted by Gasteiger charge is 2.40. The van der Waals surface area contributed by atoms with E-state index in [-0.39, 0.29) is 34.0 Å². The van der Waals surface area contributed by atoms with Crippen LogP contribution in [0.3, 0.4) is 0 Å². The molecular weight excluding hydrogens is 467 g/mol. The zero-order valence-electron chi connectivity index (χ0n) is 18.4. The third-order valence-corrected chi connectivity index (χ3v) is 5.72. The minimum atomic E-state index is -4.62. The fraction of sp³-hybridized carbons (Fsp3) is 0.217. The van der Waals surface area contributed by atoms with Crippen LogP contribution < -0.4 is 10.6 Å². The van der Waals surface area contributed by atoms with Crippen molar-refractivity contribution in [2.45, 2.75) is 25.7 Å². The first kappa shape index (κ1) is 23.8. The van der Waals surface area contributed by atoms with Crippen molar-refractivity contribution in [3.63, 3.8) is 0 Å². The number of esters is 1. The molecule has 3 aromatic rings. The normalized spacial score (nSPS) is 15.6. The summed E-state index contributed by atoms with van der Waals surface area (Å²) in [6.45, 7) is 0.985. The first-order valence-corrected chi connectivity index (χ1v) is 10.2. The molecule has 1 aliphatic rings. The van der Waals surface area contributed by atoms with Crippen LogP contribution in [0.2, 0.25) is 0 Å². The van der Waals surface area contributed by atoms with Crippen LogP contribution in [0, 0.1) is 11.3 Å². The molecule has 180 valence electrons. The second-order valence-corrected chi connectivity index (χ2v) is 7.66. The van der Waals surface area contributed by atoms with Crippen LogP contribution in [0.25, 0.3) is 0 Å². The molecular formula is C23H18F3N5O4. The van der Waals surface area contributed by atoms with Crippen LogP contribution in [0.15, 0.2) is 58.5 Å². The summed E-state index contributed by atoms with van der Waals surface area (Å²) in [7, 11) is 1.13. The number of nitrogens with one attached hydrogen (secondary N) is 1. The molecule has 4 rings (SSSR count). The molecule has 0 fully saturated rings. The van der Waals surface area contributed by atoms with Gasteiger partial charge in [-0.1, -0.05) is 12.1 Å². The Bertz CT molecular complexity index is 1450. The van der Waals surface area contributed by atoms with Crippen molar-refractivity contribution in [1.82, 2.24) is 14.8 Å². The number of methoxy groups -OCH3 is 1. The standard InChI is InChI=1S/C23H18F3N5O4/c1-12-18(20(33)35-2)19(17-7-6-13(10-27)8-14(17)11-32)31-21(28-29-22(31)34)30(12)16-5-3-4-15(9-16)23(24,25)26/h3-9,19,32H,11H2,1-2H3,(H,29,34). The van der Waals surface area contributed by atoms with Gasteiger partial charge in [-0.15, -0.1) is 5.10 Å². The minimum Gasteiger partial charge on any atom is -0.466 e. The smallest absolute Gasteiger partial charge is 0.416 e. The lowest BCUT2D eigenvalue weighted by Crippen LogP contribution is -2.38. The van der Waals surface area contributed by atoms with Crippen molar-refractivity contribution < 1.29 is 27.8 Å². The topological polar surface area (TPSA) is 124 Å². The zero-order chi connectivity index (χ0) is 25.5. The number of ether oxygens (including phenoxy) is 1. The molecule has 0 saturated heterocycles. The largest absolute Gasteiger partial charge is 0.466 e. The first-order chi connectivity index (χ1) is 16.6. The Morgan fingerprint density at radius 2 is 2.03 bits per heavy atom. The van der Waals surface area contributed by atoms with Gasteiger partial charge in [-0.05, 0) is 48.4 Å². The maximum absolute atomic E-state index is 13.4. The zero-order valence-corrected chi connectivity index (χ0v) is 18.4. The average Bonchev–Trinajstić information content (AvgIpc) is 3.22. The number of aliphatic hydroxyl groups is 1. The van der Waals surface area contributed by atoms with Gasteiger partial charge in [0.25, 0.3) is 0 Å². The van der Waals surface area contributed by atoms with Gasteiger partial charge in [0, 0.05) is 11.4 Å². The highest BCUT2D eigenvalue weighted by atomic mass is 19.4. The number of hydrogen-bond acceptors (Lipinski definition) is 7. The number of halogens is 3. The second kappa shape index (κ2) is 8.77. The van der Waals surface area contributed by atoms with E-state index in [0.717, 1.165) is 23.8 Å². The van der Waals surface area contributed by atoms with E-state index in [9.17, 15) is 33.1 Å². The third kappa shape index (κ3) is 3.95. The molecule has 1 aliphatic heterocycles. The Hall–Kier alpha value is -4.37. The maximum atomic E-state index is 13.4. The molecule has 1 unspecified atom stereocenters. The molecule has 0 aliphatic carbocycles. The lowest BCUT2D eigenvalue weighted by Gasteiger charge is -2.36. The molecule has 0 radical (unpaired) electrons. The monoisotopic (exact) mass is 485 g/mol.